The van der Waals surface area contributed by atoms with Crippen LogP contribution in [0.1, 0.15) is 39.0 Å². The number of rotatable bonds is 4. The van der Waals surface area contributed by atoms with Crippen molar-refractivity contribution >= 4 is 11.5 Å². The van der Waals surface area contributed by atoms with Gasteiger partial charge in [-0.15, -0.1) is 0 Å². The van der Waals surface area contributed by atoms with E-state index in [2.05, 4.69) is 14.9 Å². The fraction of sp³-hybridized carbons (Fsp3) is 0.765. The Kier molecular flexibility index (Phi) is 4.56. The molecule has 0 bridgehead atoms. The first kappa shape index (κ1) is 17.3. The van der Waals surface area contributed by atoms with Crippen molar-refractivity contribution in [1.82, 2.24) is 19.5 Å². The van der Waals surface area contributed by atoms with Crippen LogP contribution in [0, 0.1) is 10.1 Å². The first-order valence-electron chi connectivity index (χ1n) is 9.45. The fourth-order valence-corrected chi connectivity index (χ4v) is 4.09. The third-order valence-corrected chi connectivity index (χ3v) is 5.38. The van der Waals surface area contributed by atoms with Crippen molar-refractivity contribution in [2.24, 2.45) is 5.10 Å². The zero-order chi connectivity index (χ0) is 18.1. The summed E-state index contributed by atoms with van der Waals surface area (Å²) in [5, 5.41) is 17.9. The lowest BCUT2D eigenvalue weighted by atomic mass is 9.99. The summed E-state index contributed by atoms with van der Waals surface area (Å²) in [7, 11) is 0. The van der Waals surface area contributed by atoms with Gasteiger partial charge in [0.25, 0.3) is 0 Å². The monoisotopic (exact) mass is 362 g/mol. The molecule has 1 aromatic heterocycles. The largest absolute Gasteiger partial charge is 0.436 e. The highest BCUT2D eigenvalue weighted by Crippen LogP contribution is 2.31. The van der Waals surface area contributed by atoms with Gasteiger partial charge in [-0.3, -0.25) is 14.5 Å². The molecule has 2 aliphatic heterocycles. The van der Waals surface area contributed by atoms with Crippen molar-refractivity contribution < 1.29 is 9.66 Å². The van der Waals surface area contributed by atoms with E-state index in [1.165, 1.54) is 31.2 Å². The number of piperazine rings is 1. The van der Waals surface area contributed by atoms with Crippen LogP contribution in [0.15, 0.2) is 11.3 Å². The first-order chi connectivity index (χ1) is 12.5. The van der Waals surface area contributed by atoms with Crippen LogP contribution in [0.5, 0.6) is 6.01 Å². The zero-order valence-electron chi connectivity index (χ0n) is 15.3. The molecule has 0 spiro atoms. The van der Waals surface area contributed by atoms with Crippen LogP contribution in [0.2, 0.25) is 0 Å². The maximum atomic E-state index is 10.8. The Morgan fingerprint density at radius 2 is 2.00 bits per heavy atom. The molecule has 0 N–H and O–H groups in total. The summed E-state index contributed by atoms with van der Waals surface area (Å²) in [6.45, 7) is 7.21. The van der Waals surface area contributed by atoms with Crippen molar-refractivity contribution in [3.63, 3.8) is 0 Å². The summed E-state index contributed by atoms with van der Waals surface area (Å²) >= 11 is 0. The zero-order valence-corrected chi connectivity index (χ0v) is 15.3. The van der Waals surface area contributed by atoms with Crippen LogP contribution in [0.25, 0.3) is 0 Å². The number of imidazole rings is 1. The maximum absolute atomic E-state index is 10.8. The third kappa shape index (κ3) is 3.67. The normalized spacial score (nSPS) is 26.5. The second-order valence-electron chi connectivity index (χ2n) is 7.78. The molecule has 3 aliphatic rings. The Bertz CT molecular complexity index is 676. The second kappa shape index (κ2) is 6.86. The summed E-state index contributed by atoms with van der Waals surface area (Å²) in [5.74, 6) is -0.155. The predicted octanol–water partition coefficient (Wildman–Crippen LogP) is 1.88. The van der Waals surface area contributed by atoms with Crippen LogP contribution >= 0.6 is 0 Å². The van der Waals surface area contributed by atoms with E-state index in [1.807, 2.05) is 6.92 Å². The van der Waals surface area contributed by atoms with Gasteiger partial charge in [-0.25, -0.2) is 0 Å². The van der Waals surface area contributed by atoms with E-state index in [1.54, 1.807) is 4.57 Å². The number of hydrazone groups is 1. The Balaban J connectivity index is 1.29. The van der Waals surface area contributed by atoms with E-state index in [0.717, 1.165) is 45.6 Å². The molecule has 1 aliphatic carbocycles. The predicted molar refractivity (Wildman–Crippen MR) is 96.4 cm³/mol. The van der Waals surface area contributed by atoms with E-state index in [0.29, 0.717) is 12.6 Å². The van der Waals surface area contributed by atoms with Crippen molar-refractivity contribution in [3.8, 4) is 6.01 Å². The van der Waals surface area contributed by atoms with Gasteiger partial charge in [0.05, 0.1) is 6.54 Å². The number of nitrogens with zero attached hydrogens (tertiary/aromatic N) is 6. The van der Waals surface area contributed by atoms with E-state index < -0.39 is 10.5 Å². The first-order valence-corrected chi connectivity index (χ1v) is 9.45. The number of ether oxygens (including phenoxy) is 1. The highest BCUT2D eigenvalue weighted by atomic mass is 16.6. The van der Waals surface area contributed by atoms with Gasteiger partial charge in [-0.05, 0) is 37.5 Å². The van der Waals surface area contributed by atoms with Gasteiger partial charge in [0.1, 0.15) is 11.8 Å². The molecule has 9 heteroatoms. The summed E-state index contributed by atoms with van der Waals surface area (Å²) in [6, 6.07) is 0.349. The van der Waals surface area contributed by atoms with Crippen molar-refractivity contribution in [2.45, 2.75) is 51.2 Å². The summed E-state index contributed by atoms with van der Waals surface area (Å²) < 4.78 is 7.68. The number of fused-ring (bicyclic) bond motifs is 1. The highest BCUT2D eigenvalue weighted by Gasteiger charge is 2.41. The van der Waals surface area contributed by atoms with Crippen molar-refractivity contribution in [3.05, 3.63) is 16.3 Å². The molecule has 9 nitrogen and oxygen atoms in total. The van der Waals surface area contributed by atoms with Crippen LogP contribution in [0.3, 0.4) is 0 Å². The van der Waals surface area contributed by atoms with E-state index in [-0.39, 0.29) is 5.82 Å². The lowest BCUT2D eigenvalue weighted by Gasteiger charge is -2.37. The molecule has 0 radical (unpaired) electrons. The molecule has 1 saturated heterocycles. The van der Waals surface area contributed by atoms with E-state index in [4.69, 9.17) is 9.84 Å². The van der Waals surface area contributed by atoms with Crippen LogP contribution in [-0.4, -0.2) is 68.4 Å². The minimum Gasteiger partial charge on any atom is -0.436 e. The average Bonchev–Trinajstić information content (AvgIpc) is 3.13. The van der Waals surface area contributed by atoms with Gasteiger partial charge in [0, 0.05) is 43.4 Å². The van der Waals surface area contributed by atoms with Gasteiger partial charge < -0.3 is 14.9 Å². The molecule has 0 unspecified atom stereocenters. The topological polar surface area (TPSA) is 89.0 Å². The third-order valence-electron chi connectivity index (χ3n) is 5.38. The van der Waals surface area contributed by atoms with Gasteiger partial charge >= 0.3 is 11.8 Å². The van der Waals surface area contributed by atoms with E-state index >= 15 is 0 Å². The SMILES string of the molecule is C[C@]1(CN2CCN(N=C3CCCCC3)CC2)Cn2cc([N+](=O)[O-])nc2O1. The molecule has 0 aromatic carbocycles. The van der Waals surface area contributed by atoms with Gasteiger partial charge in [0.2, 0.25) is 0 Å². The summed E-state index contributed by atoms with van der Waals surface area (Å²) in [5.41, 5.74) is 0.970. The molecule has 1 atom stereocenters. The summed E-state index contributed by atoms with van der Waals surface area (Å²) in [6.07, 6.45) is 7.67. The van der Waals surface area contributed by atoms with Crippen LogP contribution < -0.4 is 4.74 Å². The number of nitro groups is 1. The highest BCUT2D eigenvalue weighted by molar-refractivity contribution is 5.84. The van der Waals surface area contributed by atoms with Gasteiger partial charge in [0.15, 0.2) is 0 Å². The molecular formula is C17H26N6O3. The van der Waals surface area contributed by atoms with Crippen molar-refractivity contribution in [1.29, 1.82) is 0 Å². The quantitative estimate of drug-likeness (QED) is 0.600. The van der Waals surface area contributed by atoms with Crippen molar-refractivity contribution in [2.75, 3.05) is 32.7 Å². The molecule has 2 fully saturated rings. The fourth-order valence-electron chi connectivity index (χ4n) is 4.09. The van der Waals surface area contributed by atoms with E-state index in [9.17, 15) is 10.1 Å². The minimum absolute atomic E-state index is 0.155. The molecule has 0 amide bonds. The van der Waals surface area contributed by atoms with Crippen LogP contribution in [0.4, 0.5) is 5.82 Å². The Morgan fingerprint density at radius 1 is 1.27 bits per heavy atom. The Labute approximate surface area is 152 Å². The van der Waals surface area contributed by atoms with Gasteiger partial charge in [-0.1, -0.05) is 6.42 Å². The molecule has 1 saturated carbocycles. The Hall–Kier alpha value is -2.16. The maximum Gasteiger partial charge on any atom is 0.415 e. The smallest absolute Gasteiger partial charge is 0.415 e. The van der Waals surface area contributed by atoms with Crippen LogP contribution in [-0.2, 0) is 6.54 Å². The molecule has 4 rings (SSSR count). The molecule has 26 heavy (non-hydrogen) atoms. The number of hydrogen-bond donors (Lipinski definition) is 0. The lowest BCUT2D eigenvalue weighted by Crippen LogP contribution is -2.51. The molecule has 1 aromatic rings. The van der Waals surface area contributed by atoms with Gasteiger partial charge in [-0.2, -0.15) is 5.10 Å². The molecular weight excluding hydrogens is 336 g/mol. The minimum atomic E-state index is -0.487. The second-order valence-corrected chi connectivity index (χ2v) is 7.78. The average molecular weight is 362 g/mol. The molecule has 3 heterocycles. The Morgan fingerprint density at radius 3 is 2.65 bits per heavy atom. The summed E-state index contributed by atoms with van der Waals surface area (Å²) in [4.78, 5) is 16.7. The number of hydrogen-bond acceptors (Lipinski definition) is 7. The number of aromatic nitrogens is 2. The standard InChI is InChI=1S/C17H26N6O3/c1-17(13-21-11-15(23(24)25)18-16(21)26-17)12-20-7-9-22(10-8-20)19-14-5-3-2-4-6-14/h11H,2-10,12-13H2,1H3/t17-/m0/s1. The molecule has 142 valence electrons. The lowest BCUT2D eigenvalue weighted by molar-refractivity contribution is -0.389.